The van der Waals surface area contributed by atoms with Crippen molar-refractivity contribution in [2.45, 2.75) is 32.2 Å². The predicted octanol–water partition coefficient (Wildman–Crippen LogP) is 4.01. The van der Waals surface area contributed by atoms with E-state index in [-0.39, 0.29) is 11.9 Å². The first-order chi connectivity index (χ1) is 8.11. The highest BCUT2D eigenvalue weighted by Crippen LogP contribution is 2.28. The molecule has 0 saturated carbocycles. The molecule has 0 aliphatic carbocycles. The van der Waals surface area contributed by atoms with Crippen molar-refractivity contribution in [1.82, 2.24) is 4.90 Å². The molecular formula is C13H15Cl2NO. The van der Waals surface area contributed by atoms with Gasteiger partial charge in [0.05, 0.1) is 15.6 Å². The smallest absolute Gasteiger partial charge is 0.255 e. The molecule has 1 aromatic rings. The Bertz CT molecular complexity index is 433. The summed E-state index contributed by atoms with van der Waals surface area (Å²) in [5, 5.41) is 0.791. The minimum absolute atomic E-state index is 0.00954. The van der Waals surface area contributed by atoms with E-state index in [1.54, 1.807) is 18.2 Å². The highest BCUT2D eigenvalue weighted by molar-refractivity contribution is 6.43. The Morgan fingerprint density at radius 2 is 2.12 bits per heavy atom. The molecule has 0 N–H and O–H groups in total. The highest BCUT2D eigenvalue weighted by Gasteiger charge is 2.25. The van der Waals surface area contributed by atoms with Crippen molar-refractivity contribution in [3.05, 3.63) is 33.8 Å². The molecular weight excluding hydrogens is 257 g/mol. The van der Waals surface area contributed by atoms with E-state index in [1.165, 1.54) is 6.42 Å². The molecule has 0 radical (unpaired) electrons. The normalized spacial score (nSPS) is 20.4. The van der Waals surface area contributed by atoms with Gasteiger partial charge in [-0.05, 0) is 38.3 Å². The monoisotopic (exact) mass is 271 g/mol. The third kappa shape index (κ3) is 2.58. The largest absolute Gasteiger partial charge is 0.336 e. The molecule has 0 bridgehead atoms. The number of hydrogen-bond acceptors (Lipinski definition) is 1. The Labute approximate surface area is 112 Å². The average Bonchev–Trinajstić information content (AvgIpc) is 2.32. The molecule has 1 aliphatic heterocycles. The second kappa shape index (κ2) is 5.28. The summed E-state index contributed by atoms with van der Waals surface area (Å²) in [6.07, 6.45) is 3.31. The summed E-state index contributed by atoms with van der Waals surface area (Å²) in [6, 6.07) is 5.47. The van der Waals surface area contributed by atoms with Crippen molar-refractivity contribution in [2.24, 2.45) is 0 Å². The van der Waals surface area contributed by atoms with Crippen LogP contribution < -0.4 is 0 Å². The van der Waals surface area contributed by atoms with Gasteiger partial charge in [-0.15, -0.1) is 0 Å². The molecule has 17 heavy (non-hydrogen) atoms. The fourth-order valence-corrected chi connectivity index (χ4v) is 2.60. The maximum atomic E-state index is 12.4. The lowest BCUT2D eigenvalue weighted by Crippen LogP contribution is -2.42. The molecule has 1 unspecified atom stereocenters. The van der Waals surface area contributed by atoms with Gasteiger partial charge in [0.25, 0.3) is 5.91 Å². The third-order valence-electron chi connectivity index (χ3n) is 3.25. The van der Waals surface area contributed by atoms with Crippen LogP contribution in [0.15, 0.2) is 18.2 Å². The zero-order chi connectivity index (χ0) is 12.4. The van der Waals surface area contributed by atoms with E-state index < -0.39 is 0 Å². The first-order valence-corrected chi connectivity index (χ1v) is 6.62. The lowest BCUT2D eigenvalue weighted by Gasteiger charge is -2.33. The number of amides is 1. The molecule has 1 heterocycles. The zero-order valence-corrected chi connectivity index (χ0v) is 11.3. The first-order valence-electron chi connectivity index (χ1n) is 5.86. The second-order valence-electron chi connectivity index (χ2n) is 4.44. The van der Waals surface area contributed by atoms with E-state index in [1.807, 2.05) is 4.90 Å². The van der Waals surface area contributed by atoms with E-state index in [0.717, 1.165) is 19.4 Å². The zero-order valence-electron chi connectivity index (χ0n) is 9.75. The summed E-state index contributed by atoms with van der Waals surface area (Å²) in [5.74, 6) is -0.00954. The van der Waals surface area contributed by atoms with Crippen molar-refractivity contribution < 1.29 is 4.79 Å². The fourth-order valence-electron chi connectivity index (χ4n) is 2.22. The lowest BCUT2D eigenvalue weighted by atomic mass is 10.0. The van der Waals surface area contributed by atoms with Crippen LogP contribution in [0.1, 0.15) is 36.5 Å². The maximum absolute atomic E-state index is 12.4. The summed E-state index contributed by atoms with van der Waals surface area (Å²) in [4.78, 5) is 14.3. The van der Waals surface area contributed by atoms with Crippen LogP contribution in [0.5, 0.6) is 0 Å². The van der Waals surface area contributed by atoms with E-state index >= 15 is 0 Å². The summed E-state index contributed by atoms with van der Waals surface area (Å²) in [5.41, 5.74) is 0.507. The molecule has 1 aliphatic rings. The predicted molar refractivity (Wildman–Crippen MR) is 70.8 cm³/mol. The minimum Gasteiger partial charge on any atom is -0.336 e. The number of carbonyl (C=O) groups is 1. The Hall–Kier alpha value is -0.730. The summed E-state index contributed by atoms with van der Waals surface area (Å²) in [6.45, 7) is 2.89. The van der Waals surface area contributed by atoms with Gasteiger partial charge in [-0.25, -0.2) is 0 Å². The van der Waals surface area contributed by atoms with Gasteiger partial charge in [-0.1, -0.05) is 29.3 Å². The van der Waals surface area contributed by atoms with Gasteiger partial charge in [-0.3, -0.25) is 4.79 Å². The minimum atomic E-state index is -0.00954. The molecule has 1 saturated heterocycles. The Morgan fingerprint density at radius 1 is 1.35 bits per heavy atom. The van der Waals surface area contributed by atoms with Crippen LogP contribution in [-0.2, 0) is 0 Å². The van der Waals surface area contributed by atoms with Crippen LogP contribution in [0.3, 0.4) is 0 Å². The number of hydrogen-bond donors (Lipinski definition) is 0. The molecule has 0 spiro atoms. The van der Waals surface area contributed by atoms with Crippen LogP contribution >= 0.6 is 23.2 Å². The molecule has 2 nitrogen and oxygen atoms in total. The van der Waals surface area contributed by atoms with Crippen molar-refractivity contribution in [3.8, 4) is 0 Å². The number of rotatable bonds is 1. The van der Waals surface area contributed by atoms with Crippen LogP contribution in [-0.4, -0.2) is 23.4 Å². The number of benzene rings is 1. The molecule has 1 aromatic carbocycles. The molecule has 1 atom stereocenters. The molecule has 1 amide bonds. The Balaban J connectivity index is 2.27. The van der Waals surface area contributed by atoms with Crippen LogP contribution in [0, 0.1) is 0 Å². The number of halogens is 2. The van der Waals surface area contributed by atoms with Gasteiger partial charge in [0.2, 0.25) is 0 Å². The Morgan fingerprint density at radius 3 is 2.82 bits per heavy atom. The molecule has 92 valence electrons. The fraction of sp³-hybridized carbons (Fsp3) is 0.462. The SMILES string of the molecule is CC1CCCCN1C(=O)c1cccc(Cl)c1Cl. The van der Waals surface area contributed by atoms with E-state index in [2.05, 4.69) is 6.92 Å². The number of piperidine rings is 1. The van der Waals surface area contributed by atoms with Crippen molar-refractivity contribution in [2.75, 3.05) is 6.54 Å². The third-order valence-corrected chi connectivity index (χ3v) is 4.06. The van der Waals surface area contributed by atoms with Crippen LogP contribution in [0.2, 0.25) is 10.0 Å². The van der Waals surface area contributed by atoms with Gasteiger partial charge < -0.3 is 4.90 Å². The second-order valence-corrected chi connectivity index (χ2v) is 5.23. The van der Waals surface area contributed by atoms with E-state index in [9.17, 15) is 4.79 Å². The molecule has 1 fully saturated rings. The molecule has 2 rings (SSSR count). The highest BCUT2D eigenvalue weighted by atomic mass is 35.5. The van der Waals surface area contributed by atoms with E-state index in [0.29, 0.717) is 15.6 Å². The summed E-state index contributed by atoms with van der Waals surface area (Å²) >= 11 is 12.0. The number of nitrogens with zero attached hydrogens (tertiary/aromatic N) is 1. The average molecular weight is 272 g/mol. The maximum Gasteiger partial charge on any atom is 0.255 e. The van der Waals surface area contributed by atoms with Gasteiger partial charge in [0, 0.05) is 12.6 Å². The summed E-state index contributed by atoms with van der Waals surface area (Å²) in [7, 11) is 0. The molecule has 4 heteroatoms. The standard InChI is InChI=1S/C13H15Cl2NO/c1-9-5-2-3-8-16(9)13(17)10-6-4-7-11(14)12(10)15/h4,6-7,9H,2-3,5,8H2,1H3. The first kappa shape index (κ1) is 12.7. The Kier molecular flexibility index (Phi) is 3.95. The van der Waals surface area contributed by atoms with Gasteiger partial charge in [0.15, 0.2) is 0 Å². The van der Waals surface area contributed by atoms with Crippen LogP contribution in [0.25, 0.3) is 0 Å². The number of carbonyl (C=O) groups excluding carboxylic acids is 1. The van der Waals surface area contributed by atoms with Crippen molar-refractivity contribution in [1.29, 1.82) is 0 Å². The van der Waals surface area contributed by atoms with E-state index in [4.69, 9.17) is 23.2 Å². The summed E-state index contributed by atoms with van der Waals surface area (Å²) < 4.78 is 0. The lowest BCUT2D eigenvalue weighted by molar-refractivity contribution is 0.0636. The van der Waals surface area contributed by atoms with Crippen molar-refractivity contribution >= 4 is 29.1 Å². The topological polar surface area (TPSA) is 20.3 Å². The molecule has 0 aromatic heterocycles. The van der Waals surface area contributed by atoms with Gasteiger partial charge in [-0.2, -0.15) is 0 Å². The van der Waals surface area contributed by atoms with Gasteiger partial charge >= 0.3 is 0 Å². The van der Waals surface area contributed by atoms with Crippen LogP contribution in [0.4, 0.5) is 0 Å². The van der Waals surface area contributed by atoms with Crippen molar-refractivity contribution in [3.63, 3.8) is 0 Å². The number of likely N-dealkylation sites (tertiary alicyclic amines) is 1. The van der Waals surface area contributed by atoms with Gasteiger partial charge in [0.1, 0.15) is 0 Å². The quantitative estimate of drug-likeness (QED) is 0.756.